The van der Waals surface area contributed by atoms with Crippen LogP contribution in [0.15, 0.2) is 64.4 Å². The van der Waals surface area contributed by atoms with Crippen LogP contribution in [-0.2, 0) is 4.79 Å². The number of carbonyl (C=O) groups excluding carboxylic acids is 1. The highest BCUT2D eigenvalue weighted by molar-refractivity contribution is 8.26. The van der Waals surface area contributed by atoms with Gasteiger partial charge in [0, 0.05) is 12.7 Å². The fourth-order valence-electron chi connectivity index (χ4n) is 3.44. The zero-order valence-electron chi connectivity index (χ0n) is 17.2. The second-order valence-electron chi connectivity index (χ2n) is 7.17. The molecule has 0 saturated carbocycles. The SMILES string of the molecule is CCCNc1nc2ccccn2c(=O)c1/C=C1/SC(=S)N(C(C)c2ccccc2)C1=O. The third kappa shape index (κ3) is 4.13. The Morgan fingerprint density at radius 1 is 1.16 bits per heavy atom. The van der Waals surface area contributed by atoms with E-state index in [-0.39, 0.29) is 17.5 Å². The zero-order valence-corrected chi connectivity index (χ0v) is 18.9. The van der Waals surface area contributed by atoms with Gasteiger partial charge in [0.05, 0.1) is 16.5 Å². The van der Waals surface area contributed by atoms with E-state index in [2.05, 4.69) is 10.3 Å². The molecule has 4 rings (SSSR count). The van der Waals surface area contributed by atoms with Gasteiger partial charge in [-0.15, -0.1) is 0 Å². The molecule has 0 aliphatic carbocycles. The van der Waals surface area contributed by atoms with Crippen molar-refractivity contribution in [1.82, 2.24) is 14.3 Å². The van der Waals surface area contributed by atoms with E-state index in [4.69, 9.17) is 12.2 Å². The topological polar surface area (TPSA) is 66.7 Å². The molecule has 2 aromatic heterocycles. The highest BCUT2D eigenvalue weighted by Crippen LogP contribution is 2.38. The predicted octanol–water partition coefficient (Wildman–Crippen LogP) is 4.48. The molecule has 1 saturated heterocycles. The van der Waals surface area contributed by atoms with E-state index in [1.54, 1.807) is 29.3 Å². The number of nitrogens with zero attached hydrogens (tertiary/aromatic N) is 3. The van der Waals surface area contributed by atoms with Crippen LogP contribution < -0.4 is 10.9 Å². The molecule has 3 aromatic rings. The number of aromatic nitrogens is 2. The van der Waals surface area contributed by atoms with E-state index in [1.807, 2.05) is 50.2 Å². The summed E-state index contributed by atoms with van der Waals surface area (Å²) < 4.78 is 1.96. The summed E-state index contributed by atoms with van der Waals surface area (Å²) in [7, 11) is 0. The molecular weight excluding hydrogens is 428 g/mol. The third-order valence-corrected chi connectivity index (χ3v) is 6.41. The third-order valence-electron chi connectivity index (χ3n) is 5.08. The van der Waals surface area contributed by atoms with Crippen molar-refractivity contribution in [2.75, 3.05) is 11.9 Å². The molecule has 3 heterocycles. The predicted molar refractivity (Wildman–Crippen MR) is 130 cm³/mol. The van der Waals surface area contributed by atoms with Gasteiger partial charge in [-0.3, -0.25) is 18.9 Å². The van der Waals surface area contributed by atoms with Crippen LogP contribution in [0.5, 0.6) is 0 Å². The summed E-state index contributed by atoms with van der Waals surface area (Å²) in [6.45, 7) is 4.66. The first kappa shape index (κ1) is 21.3. The first-order chi connectivity index (χ1) is 15.0. The van der Waals surface area contributed by atoms with E-state index < -0.39 is 0 Å². The Hall–Kier alpha value is -2.97. The standard InChI is InChI=1S/C23H22N4O2S2/c1-3-12-24-20-17(21(28)26-13-8-7-11-19(26)25-20)14-18-22(29)27(23(30)31-18)15(2)16-9-5-4-6-10-16/h4-11,13-15,24H,3,12H2,1-2H3/b18-14+. The van der Waals surface area contributed by atoms with Crippen LogP contribution in [-0.4, -0.2) is 31.1 Å². The number of thioether (sulfide) groups is 1. The fraction of sp³-hybridized carbons (Fsp3) is 0.217. The van der Waals surface area contributed by atoms with Crippen molar-refractivity contribution in [3.05, 3.63) is 81.1 Å². The average molecular weight is 451 g/mol. The summed E-state index contributed by atoms with van der Waals surface area (Å²) in [5.41, 5.74) is 1.67. The fourth-order valence-corrected chi connectivity index (χ4v) is 4.84. The molecule has 1 fully saturated rings. The lowest BCUT2D eigenvalue weighted by molar-refractivity contribution is -0.123. The Balaban J connectivity index is 1.76. The Bertz CT molecular complexity index is 1240. The maximum Gasteiger partial charge on any atom is 0.267 e. The van der Waals surface area contributed by atoms with Crippen molar-refractivity contribution in [3.63, 3.8) is 0 Å². The largest absolute Gasteiger partial charge is 0.369 e. The van der Waals surface area contributed by atoms with E-state index in [9.17, 15) is 9.59 Å². The van der Waals surface area contributed by atoms with Crippen molar-refractivity contribution < 1.29 is 4.79 Å². The minimum atomic E-state index is -0.231. The van der Waals surface area contributed by atoms with Crippen molar-refractivity contribution in [2.45, 2.75) is 26.3 Å². The monoisotopic (exact) mass is 450 g/mol. The number of nitrogens with one attached hydrogen (secondary N) is 1. The molecule has 1 aliphatic heterocycles. The van der Waals surface area contributed by atoms with Crippen LogP contribution in [0.4, 0.5) is 5.82 Å². The molecule has 1 unspecified atom stereocenters. The zero-order chi connectivity index (χ0) is 22.0. The number of hydrogen-bond acceptors (Lipinski definition) is 6. The van der Waals surface area contributed by atoms with Gasteiger partial charge in [-0.2, -0.15) is 0 Å². The van der Waals surface area contributed by atoms with E-state index >= 15 is 0 Å². The molecule has 1 aromatic carbocycles. The van der Waals surface area contributed by atoms with Gasteiger partial charge in [0.15, 0.2) is 0 Å². The quantitative estimate of drug-likeness (QED) is 0.441. The Labute approximate surface area is 190 Å². The summed E-state index contributed by atoms with van der Waals surface area (Å²) in [6, 6.07) is 14.9. The summed E-state index contributed by atoms with van der Waals surface area (Å²) in [4.78, 5) is 33.1. The Kier molecular flexibility index (Phi) is 6.20. The molecule has 8 heteroatoms. The molecule has 0 spiro atoms. The lowest BCUT2D eigenvalue weighted by Gasteiger charge is -2.23. The Morgan fingerprint density at radius 2 is 1.90 bits per heavy atom. The van der Waals surface area contributed by atoms with E-state index in [1.165, 1.54) is 16.2 Å². The second kappa shape index (κ2) is 9.03. The number of benzene rings is 1. The average Bonchev–Trinajstić information content (AvgIpc) is 3.07. The number of anilines is 1. The first-order valence-corrected chi connectivity index (χ1v) is 11.3. The number of fused-ring (bicyclic) bond motifs is 1. The highest BCUT2D eigenvalue weighted by atomic mass is 32.2. The summed E-state index contributed by atoms with van der Waals surface area (Å²) in [5.74, 6) is 0.268. The summed E-state index contributed by atoms with van der Waals surface area (Å²) in [5, 5.41) is 3.22. The van der Waals surface area contributed by atoms with Gasteiger partial charge >= 0.3 is 0 Å². The molecule has 31 heavy (non-hydrogen) atoms. The van der Waals surface area contributed by atoms with Crippen LogP contribution >= 0.6 is 24.0 Å². The smallest absolute Gasteiger partial charge is 0.267 e. The number of hydrogen-bond donors (Lipinski definition) is 1. The maximum atomic E-state index is 13.2. The van der Waals surface area contributed by atoms with Gasteiger partial charge in [-0.1, -0.05) is 67.3 Å². The van der Waals surface area contributed by atoms with Crippen molar-refractivity contribution in [1.29, 1.82) is 0 Å². The molecule has 0 bridgehead atoms. The van der Waals surface area contributed by atoms with E-state index in [0.717, 1.165) is 12.0 Å². The van der Waals surface area contributed by atoms with Gasteiger partial charge in [-0.05, 0) is 37.1 Å². The molecule has 158 valence electrons. The maximum absolute atomic E-state index is 13.2. The van der Waals surface area contributed by atoms with Crippen molar-refractivity contribution >= 4 is 51.7 Å². The van der Waals surface area contributed by atoms with Crippen LogP contribution in [0, 0.1) is 0 Å². The van der Waals surface area contributed by atoms with Crippen molar-refractivity contribution in [2.24, 2.45) is 0 Å². The molecule has 1 amide bonds. The molecule has 1 aliphatic rings. The molecular formula is C23H22N4O2S2. The van der Waals surface area contributed by atoms with Crippen molar-refractivity contribution in [3.8, 4) is 0 Å². The van der Waals surface area contributed by atoms with Crippen LogP contribution in [0.25, 0.3) is 11.7 Å². The minimum absolute atomic E-state index is 0.201. The second-order valence-corrected chi connectivity index (χ2v) is 8.85. The lowest BCUT2D eigenvalue weighted by Crippen LogP contribution is -2.31. The number of carbonyl (C=O) groups is 1. The van der Waals surface area contributed by atoms with Gasteiger partial charge in [0.25, 0.3) is 11.5 Å². The van der Waals surface area contributed by atoms with Gasteiger partial charge in [-0.25, -0.2) is 4.98 Å². The van der Waals surface area contributed by atoms with Gasteiger partial charge in [0.2, 0.25) is 0 Å². The normalized spacial score (nSPS) is 16.3. The number of amides is 1. The van der Waals surface area contributed by atoms with Crippen LogP contribution in [0.2, 0.25) is 0 Å². The summed E-state index contributed by atoms with van der Waals surface area (Å²) >= 11 is 6.72. The molecule has 1 N–H and O–H groups in total. The summed E-state index contributed by atoms with van der Waals surface area (Å²) in [6.07, 6.45) is 4.17. The lowest BCUT2D eigenvalue weighted by atomic mass is 10.1. The number of thiocarbonyl (C=S) groups is 1. The molecule has 6 nitrogen and oxygen atoms in total. The number of pyridine rings is 1. The first-order valence-electron chi connectivity index (χ1n) is 10.1. The van der Waals surface area contributed by atoms with E-state index in [0.29, 0.717) is 32.8 Å². The Morgan fingerprint density at radius 3 is 2.65 bits per heavy atom. The van der Waals surface area contributed by atoms with Gasteiger partial charge < -0.3 is 5.32 Å². The number of rotatable bonds is 6. The molecule has 0 radical (unpaired) electrons. The highest BCUT2D eigenvalue weighted by Gasteiger charge is 2.36. The molecule has 1 atom stereocenters. The van der Waals surface area contributed by atoms with Gasteiger partial charge in [0.1, 0.15) is 15.8 Å². The van der Waals surface area contributed by atoms with Crippen LogP contribution in [0.3, 0.4) is 0 Å². The minimum Gasteiger partial charge on any atom is -0.369 e. The van der Waals surface area contributed by atoms with Crippen LogP contribution in [0.1, 0.15) is 37.4 Å².